The number of ether oxygens (including phenoxy) is 1. The molecule has 1 fully saturated rings. The fraction of sp³-hybridized carbons (Fsp3) is 0.111. The molecule has 0 aromatic heterocycles. The Bertz CT molecular complexity index is 801. The largest absolute Gasteiger partial charge is 0.497 e. The van der Waals surface area contributed by atoms with Crippen LogP contribution in [0, 0.1) is 0 Å². The van der Waals surface area contributed by atoms with Crippen molar-refractivity contribution < 1.29 is 9.53 Å². The SMILES string of the molecule is COc1ccc(/C=C2\C(=O)NC(=S)N2Cc2ccc(Cl)cc2)cc1. The summed E-state index contributed by atoms with van der Waals surface area (Å²) >= 11 is 11.2. The smallest absolute Gasteiger partial charge is 0.274 e. The standard InChI is InChI=1S/C18H15ClN2O2S/c1-23-15-8-4-12(5-9-15)10-16-17(22)20-18(24)21(16)11-13-2-6-14(19)7-3-13/h2-10H,11H2,1H3,(H,20,22,24)/b16-10+. The lowest BCUT2D eigenvalue weighted by Gasteiger charge is -2.17. The summed E-state index contributed by atoms with van der Waals surface area (Å²) in [5, 5.41) is 3.76. The fourth-order valence-electron chi connectivity index (χ4n) is 2.39. The molecule has 0 radical (unpaired) electrons. The normalized spacial score (nSPS) is 15.8. The third-order valence-corrected chi connectivity index (χ3v) is 4.24. The van der Waals surface area contributed by atoms with Gasteiger partial charge in [-0.1, -0.05) is 35.9 Å². The summed E-state index contributed by atoms with van der Waals surface area (Å²) in [7, 11) is 1.62. The zero-order valence-electron chi connectivity index (χ0n) is 13.0. The number of hydrogen-bond donors (Lipinski definition) is 1. The number of halogens is 1. The summed E-state index contributed by atoms with van der Waals surface area (Å²) in [5.41, 5.74) is 2.42. The Morgan fingerprint density at radius 1 is 1.17 bits per heavy atom. The summed E-state index contributed by atoms with van der Waals surface area (Å²) in [6, 6.07) is 14.9. The molecule has 2 aromatic carbocycles. The zero-order valence-corrected chi connectivity index (χ0v) is 14.5. The second-order valence-electron chi connectivity index (χ2n) is 5.27. The number of benzene rings is 2. The number of methoxy groups -OCH3 is 1. The summed E-state index contributed by atoms with van der Waals surface area (Å²) in [6.07, 6.45) is 1.81. The van der Waals surface area contributed by atoms with Crippen LogP contribution in [0.2, 0.25) is 5.02 Å². The Balaban J connectivity index is 1.87. The first-order chi connectivity index (χ1) is 11.6. The van der Waals surface area contributed by atoms with Gasteiger partial charge in [0.2, 0.25) is 0 Å². The van der Waals surface area contributed by atoms with Crippen molar-refractivity contribution >= 4 is 40.9 Å². The lowest BCUT2D eigenvalue weighted by molar-refractivity contribution is -0.115. The third-order valence-electron chi connectivity index (χ3n) is 3.66. The maximum atomic E-state index is 12.2. The summed E-state index contributed by atoms with van der Waals surface area (Å²) in [5.74, 6) is 0.561. The highest BCUT2D eigenvalue weighted by Gasteiger charge is 2.29. The van der Waals surface area contributed by atoms with Gasteiger partial charge in [0, 0.05) is 5.02 Å². The van der Waals surface area contributed by atoms with Gasteiger partial charge < -0.3 is 9.64 Å². The average Bonchev–Trinajstić information content (AvgIpc) is 2.84. The van der Waals surface area contributed by atoms with E-state index in [1.54, 1.807) is 12.0 Å². The molecule has 0 atom stereocenters. The molecule has 0 aliphatic carbocycles. The predicted molar refractivity (Wildman–Crippen MR) is 98.7 cm³/mol. The number of carbonyl (C=O) groups excluding carboxylic acids is 1. The van der Waals surface area contributed by atoms with E-state index in [-0.39, 0.29) is 5.91 Å². The molecule has 2 aromatic rings. The van der Waals surface area contributed by atoms with Gasteiger partial charge in [-0.2, -0.15) is 0 Å². The maximum absolute atomic E-state index is 12.2. The molecule has 122 valence electrons. The van der Waals surface area contributed by atoms with Gasteiger partial charge in [0.15, 0.2) is 5.11 Å². The number of thiocarbonyl (C=S) groups is 1. The molecule has 1 saturated heterocycles. The molecule has 1 amide bonds. The lowest BCUT2D eigenvalue weighted by Crippen LogP contribution is -2.26. The van der Waals surface area contributed by atoms with Crippen LogP contribution >= 0.6 is 23.8 Å². The van der Waals surface area contributed by atoms with Crippen molar-refractivity contribution in [1.82, 2.24) is 10.2 Å². The van der Waals surface area contributed by atoms with Crippen LogP contribution in [0.5, 0.6) is 5.75 Å². The first kappa shape index (κ1) is 16.5. The molecule has 0 unspecified atom stereocenters. The first-order valence-corrected chi connectivity index (χ1v) is 8.08. The van der Waals surface area contributed by atoms with Crippen molar-refractivity contribution in [3.63, 3.8) is 0 Å². The van der Waals surface area contributed by atoms with Crippen molar-refractivity contribution in [2.24, 2.45) is 0 Å². The Hall–Kier alpha value is -2.37. The third kappa shape index (κ3) is 3.58. The molecule has 0 bridgehead atoms. The van der Waals surface area contributed by atoms with Crippen molar-refractivity contribution in [2.45, 2.75) is 6.54 Å². The number of amides is 1. The van der Waals surface area contributed by atoms with E-state index in [4.69, 9.17) is 28.6 Å². The Labute approximate surface area is 150 Å². The molecule has 1 heterocycles. The van der Waals surface area contributed by atoms with Crippen LogP contribution in [0.4, 0.5) is 0 Å². The second-order valence-corrected chi connectivity index (χ2v) is 6.10. The van der Waals surface area contributed by atoms with Crippen LogP contribution < -0.4 is 10.1 Å². The van der Waals surface area contributed by atoms with Crippen molar-refractivity contribution in [3.05, 3.63) is 70.4 Å². The molecule has 3 rings (SSSR count). The predicted octanol–water partition coefficient (Wildman–Crippen LogP) is 3.61. The molecule has 1 aliphatic rings. The van der Waals surface area contributed by atoms with E-state index in [0.717, 1.165) is 16.9 Å². The minimum Gasteiger partial charge on any atom is -0.497 e. The van der Waals surface area contributed by atoms with Crippen LogP contribution in [0.25, 0.3) is 6.08 Å². The Kier molecular flexibility index (Phi) is 4.83. The highest BCUT2D eigenvalue weighted by Crippen LogP contribution is 2.22. The minimum atomic E-state index is -0.204. The second kappa shape index (κ2) is 7.03. The average molecular weight is 359 g/mol. The van der Waals surface area contributed by atoms with E-state index in [2.05, 4.69) is 5.32 Å². The van der Waals surface area contributed by atoms with Gasteiger partial charge in [-0.05, 0) is 53.7 Å². The highest BCUT2D eigenvalue weighted by molar-refractivity contribution is 7.80. The summed E-state index contributed by atoms with van der Waals surface area (Å²) in [4.78, 5) is 14.0. The van der Waals surface area contributed by atoms with Gasteiger partial charge in [-0.15, -0.1) is 0 Å². The highest BCUT2D eigenvalue weighted by atomic mass is 35.5. The lowest BCUT2D eigenvalue weighted by atomic mass is 10.1. The van der Waals surface area contributed by atoms with Gasteiger partial charge >= 0.3 is 0 Å². The van der Waals surface area contributed by atoms with Gasteiger partial charge in [0.25, 0.3) is 5.91 Å². The molecule has 24 heavy (non-hydrogen) atoms. The van der Waals surface area contributed by atoms with E-state index in [0.29, 0.717) is 22.4 Å². The minimum absolute atomic E-state index is 0.204. The Morgan fingerprint density at radius 3 is 2.46 bits per heavy atom. The number of carbonyl (C=O) groups is 1. The van der Waals surface area contributed by atoms with Crippen LogP contribution in [-0.2, 0) is 11.3 Å². The summed E-state index contributed by atoms with van der Waals surface area (Å²) < 4.78 is 5.15. The first-order valence-electron chi connectivity index (χ1n) is 7.30. The summed E-state index contributed by atoms with van der Waals surface area (Å²) in [6.45, 7) is 0.497. The number of hydrogen-bond acceptors (Lipinski definition) is 3. The molecule has 1 aliphatic heterocycles. The number of rotatable bonds is 4. The molecular weight excluding hydrogens is 344 g/mol. The van der Waals surface area contributed by atoms with Crippen molar-refractivity contribution in [2.75, 3.05) is 7.11 Å². The van der Waals surface area contributed by atoms with Gasteiger partial charge in [-0.3, -0.25) is 10.1 Å². The van der Waals surface area contributed by atoms with Gasteiger partial charge in [0.05, 0.1) is 13.7 Å². The van der Waals surface area contributed by atoms with E-state index in [1.807, 2.05) is 54.6 Å². The molecule has 6 heteroatoms. The number of nitrogens with zero attached hydrogens (tertiary/aromatic N) is 1. The maximum Gasteiger partial charge on any atom is 0.274 e. The number of nitrogens with one attached hydrogen (secondary N) is 1. The van der Waals surface area contributed by atoms with Gasteiger partial charge in [-0.25, -0.2) is 0 Å². The van der Waals surface area contributed by atoms with Crippen LogP contribution in [0.15, 0.2) is 54.2 Å². The van der Waals surface area contributed by atoms with E-state index < -0.39 is 0 Å². The van der Waals surface area contributed by atoms with Crippen LogP contribution in [-0.4, -0.2) is 23.0 Å². The van der Waals surface area contributed by atoms with Crippen molar-refractivity contribution in [1.29, 1.82) is 0 Å². The Morgan fingerprint density at radius 2 is 1.83 bits per heavy atom. The zero-order chi connectivity index (χ0) is 17.1. The van der Waals surface area contributed by atoms with Crippen LogP contribution in [0.3, 0.4) is 0 Å². The van der Waals surface area contributed by atoms with E-state index in [9.17, 15) is 4.79 Å². The topological polar surface area (TPSA) is 41.6 Å². The van der Waals surface area contributed by atoms with Crippen LogP contribution in [0.1, 0.15) is 11.1 Å². The van der Waals surface area contributed by atoms with Crippen molar-refractivity contribution in [3.8, 4) is 5.75 Å². The molecule has 1 N–H and O–H groups in total. The van der Waals surface area contributed by atoms with E-state index >= 15 is 0 Å². The quantitative estimate of drug-likeness (QED) is 0.669. The monoisotopic (exact) mass is 358 g/mol. The molecular formula is C18H15ClN2O2S. The molecule has 0 saturated carbocycles. The fourth-order valence-corrected chi connectivity index (χ4v) is 2.77. The van der Waals surface area contributed by atoms with E-state index in [1.165, 1.54) is 0 Å². The molecule has 4 nitrogen and oxygen atoms in total. The van der Waals surface area contributed by atoms with Gasteiger partial charge in [0.1, 0.15) is 11.4 Å². The molecule has 0 spiro atoms.